The number of aliphatic carboxylic acids is 1. The van der Waals surface area contributed by atoms with E-state index in [0.29, 0.717) is 11.5 Å². The van der Waals surface area contributed by atoms with Gasteiger partial charge in [0.05, 0.1) is 6.10 Å². The number of carbonyl (C=O) groups is 1. The fourth-order valence-electron chi connectivity index (χ4n) is 4.66. The van der Waals surface area contributed by atoms with E-state index >= 15 is 0 Å². The average molecular weight is 403 g/mol. The van der Waals surface area contributed by atoms with Gasteiger partial charge in [-0.05, 0) is 74.2 Å². The zero-order valence-electron chi connectivity index (χ0n) is 18.4. The molecule has 2 fully saturated rings. The van der Waals surface area contributed by atoms with Crippen molar-refractivity contribution in [3.63, 3.8) is 0 Å². The van der Waals surface area contributed by atoms with Crippen molar-refractivity contribution in [1.29, 1.82) is 0 Å². The lowest BCUT2D eigenvalue weighted by atomic mass is 9.72. The molecule has 1 saturated heterocycles. The van der Waals surface area contributed by atoms with E-state index in [-0.39, 0.29) is 6.42 Å². The Morgan fingerprint density at radius 2 is 1.66 bits per heavy atom. The highest BCUT2D eigenvalue weighted by molar-refractivity contribution is 5.66. The minimum Gasteiger partial charge on any atom is -0.490 e. The van der Waals surface area contributed by atoms with Crippen molar-refractivity contribution in [1.82, 2.24) is 4.90 Å². The number of hydrogen-bond acceptors (Lipinski definition) is 4. The first-order valence-electron chi connectivity index (χ1n) is 11.3. The molecule has 5 heteroatoms. The molecule has 0 aromatic heterocycles. The van der Waals surface area contributed by atoms with Crippen molar-refractivity contribution < 1.29 is 14.6 Å². The Labute approximate surface area is 176 Å². The van der Waals surface area contributed by atoms with Crippen molar-refractivity contribution in [2.45, 2.75) is 65.4 Å². The predicted molar refractivity (Wildman–Crippen MR) is 118 cm³/mol. The third-order valence-electron chi connectivity index (χ3n) is 6.64. The van der Waals surface area contributed by atoms with Crippen molar-refractivity contribution in [3.05, 3.63) is 24.3 Å². The Hall–Kier alpha value is -1.75. The minimum absolute atomic E-state index is 0.263. The molecule has 0 amide bonds. The summed E-state index contributed by atoms with van der Waals surface area (Å²) in [6, 6.07) is 8.58. The van der Waals surface area contributed by atoms with Gasteiger partial charge in [0.1, 0.15) is 5.75 Å². The predicted octanol–water partition coefficient (Wildman–Crippen LogP) is 4.66. The van der Waals surface area contributed by atoms with Crippen LogP contribution in [0, 0.1) is 11.3 Å². The lowest BCUT2D eigenvalue weighted by Gasteiger charge is -2.37. The largest absolute Gasteiger partial charge is 0.490 e. The summed E-state index contributed by atoms with van der Waals surface area (Å²) < 4.78 is 6.26. The summed E-state index contributed by atoms with van der Waals surface area (Å²) in [7, 11) is 0. The average Bonchev–Trinajstić information content (AvgIpc) is 2.69. The molecule has 1 aromatic rings. The number of anilines is 1. The number of benzene rings is 1. The molecular weight excluding hydrogens is 364 g/mol. The number of rotatable bonds is 7. The maximum Gasteiger partial charge on any atom is 0.303 e. The normalized spacial score (nSPS) is 23.8. The molecule has 1 aliphatic heterocycles. The highest BCUT2D eigenvalue weighted by atomic mass is 16.5. The summed E-state index contributed by atoms with van der Waals surface area (Å²) in [6.45, 7) is 11.9. The summed E-state index contributed by atoms with van der Waals surface area (Å²) in [5.41, 5.74) is 1.66. The zero-order chi connectivity index (χ0) is 20.9. The fraction of sp³-hybridized carbons (Fsp3) is 0.708. The van der Waals surface area contributed by atoms with Crippen LogP contribution in [0.2, 0.25) is 0 Å². The Bertz CT molecular complexity index is 637. The van der Waals surface area contributed by atoms with Gasteiger partial charge in [0.25, 0.3) is 0 Å². The van der Waals surface area contributed by atoms with Crippen molar-refractivity contribution in [2.75, 3.05) is 37.6 Å². The second-order valence-electron chi connectivity index (χ2n) is 9.78. The SMILES string of the molecule is CC(C)(C)[C@H]1CC[C@H](Oc2ccc(N3CCN(CCCC(=O)O)CC3)cc2)CC1. The summed E-state index contributed by atoms with van der Waals surface area (Å²) in [6.07, 6.45) is 6.21. The molecular formula is C24H38N2O3. The summed E-state index contributed by atoms with van der Waals surface area (Å²) in [4.78, 5) is 15.4. The number of carboxylic acids is 1. The van der Waals surface area contributed by atoms with E-state index in [2.05, 4.69) is 54.8 Å². The van der Waals surface area contributed by atoms with Gasteiger partial charge in [-0.15, -0.1) is 0 Å². The first-order chi connectivity index (χ1) is 13.8. The standard InChI is InChI=1S/C24H38N2O3/c1-24(2,3)19-6-10-21(11-7-19)29-22-12-8-20(9-13-22)26-17-15-25(16-18-26)14-4-5-23(27)28/h8-9,12-13,19,21H,4-7,10-11,14-18H2,1-3H3,(H,27,28)/t19-,21-. The summed E-state index contributed by atoms with van der Waals surface area (Å²) >= 11 is 0. The topological polar surface area (TPSA) is 53.0 Å². The molecule has 3 rings (SSSR count). The molecule has 1 aromatic carbocycles. The monoisotopic (exact) mass is 402 g/mol. The number of ether oxygens (including phenoxy) is 1. The van der Waals surface area contributed by atoms with Gasteiger partial charge in [0.15, 0.2) is 0 Å². The van der Waals surface area contributed by atoms with E-state index in [1.807, 2.05) is 0 Å². The van der Waals surface area contributed by atoms with Gasteiger partial charge in [-0.3, -0.25) is 9.69 Å². The fourth-order valence-corrected chi connectivity index (χ4v) is 4.66. The molecule has 0 spiro atoms. The maximum absolute atomic E-state index is 10.6. The molecule has 0 bridgehead atoms. The Balaban J connectivity index is 1.41. The van der Waals surface area contributed by atoms with Crippen molar-refractivity contribution in [3.8, 4) is 5.75 Å². The quantitative estimate of drug-likeness (QED) is 0.719. The van der Waals surface area contributed by atoms with Gasteiger partial charge in [0, 0.05) is 38.3 Å². The number of piperazine rings is 1. The van der Waals surface area contributed by atoms with Crippen LogP contribution in [0.25, 0.3) is 0 Å². The maximum atomic E-state index is 10.6. The molecule has 29 heavy (non-hydrogen) atoms. The molecule has 1 N–H and O–H groups in total. The molecule has 0 radical (unpaired) electrons. The number of hydrogen-bond donors (Lipinski definition) is 1. The van der Waals surface area contributed by atoms with Gasteiger partial charge in [0.2, 0.25) is 0 Å². The van der Waals surface area contributed by atoms with Gasteiger partial charge in [-0.25, -0.2) is 0 Å². The molecule has 2 aliphatic rings. The third kappa shape index (κ3) is 6.63. The Kier molecular flexibility index (Phi) is 7.44. The lowest BCUT2D eigenvalue weighted by molar-refractivity contribution is -0.137. The third-order valence-corrected chi connectivity index (χ3v) is 6.64. The van der Waals surface area contributed by atoms with Crippen LogP contribution in [-0.2, 0) is 4.79 Å². The van der Waals surface area contributed by atoms with E-state index in [1.165, 1.54) is 18.5 Å². The molecule has 1 heterocycles. The minimum atomic E-state index is -0.701. The van der Waals surface area contributed by atoms with Crippen LogP contribution in [0.4, 0.5) is 5.69 Å². The Morgan fingerprint density at radius 1 is 1.03 bits per heavy atom. The van der Waals surface area contributed by atoms with E-state index in [4.69, 9.17) is 9.84 Å². The lowest BCUT2D eigenvalue weighted by Crippen LogP contribution is -2.46. The van der Waals surface area contributed by atoms with Crippen LogP contribution < -0.4 is 9.64 Å². The van der Waals surface area contributed by atoms with E-state index in [0.717, 1.165) is 63.7 Å². The molecule has 1 saturated carbocycles. The van der Waals surface area contributed by atoms with Gasteiger partial charge < -0.3 is 14.7 Å². The second-order valence-corrected chi connectivity index (χ2v) is 9.78. The number of carboxylic acid groups (broad SMARTS) is 1. The van der Waals surface area contributed by atoms with Gasteiger partial charge in [-0.1, -0.05) is 20.8 Å². The van der Waals surface area contributed by atoms with Gasteiger partial charge >= 0.3 is 5.97 Å². The molecule has 0 atom stereocenters. The van der Waals surface area contributed by atoms with Crippen molar-refractivity contribution >= 4 is 11.7 Å². The van der Waals surface area contributed by atoms with Crippen LogP contribution in [0.1, 0.15) is 59.3 Å². The first-order valence-corrected chi connectivity index (χ1v) is 11.3. The van der Waals surface area contributed by atoms with Crippen LogP contribution in [0.5, 0.6) is 5.75 Å². The van der Waals surface area contributed by atoms with Crippen LogP contribution in [0.3, 0.4) is 0 Å². The van der Waals surface area contributed by atoms with Crippen molar-refractivity contribution in [2.24, 2.45) is 11.3 Å². The van der Waals surface area contributed by atoms with E-state index in [9.17, 15) is 4.79 Å². The summed E-state index contributed by atoms with van der Waals surface area (Å²) in [5.74, 6) is 1.10. The molecule has 1 aliphatic carbocycles. The zero-order valence-corrected chi connectivity index (χ0v) is 18.4. The molecule has 0 unspecified atom stereocenters. The first kappa shape index (κ1) is 21.9. The van der Waals surface area contributed by atoms with Crippen LogP contribution >= 0.6 is 0 Å². The molecule has 162 valence electrons. The highest BCUT2D eigenvalue weighted by Crippen LogP contribution is 2.38. The number of nitrogens with zero attached hydrogens (tertiary/aromatic N) is 2. The smallest absolute Gasteiger partial charge is 0.303 e. The highest BCUT2D eigenvalue weighted by Gasteiger charge is 2.30. The summed E-state index contributed by atoms with van der Waals surface area (Å²) in [5, 5.41) is 8.77. The van der Waals surface area contributed by atoms with E-state index < -0.39 is 5.97 Å². The van der Waals surface area contributed by atoms with E-state index in [1.54, 1.807) is 0 Å². The Morgan fingerprint density at radius 3 is 2.21 bits per heavy atom. The molecule has 5 nitrogen and oxygen atoms in total. The second kappa shape index (κ2) is 9.84. The van der Waals surface area contributed by atoms with Gasteiger partial charge in [-0.2, -0.15) is 0 Å². The van der Waals surface area contributed by atoms with Crippen LogP contribution in [-0.4, -0.2) is 54.8 Å². The van der Waals surface area contributed by atoms with Crippen LogP contribution in [0.15, 0.2) is 24.3 Å².